The van der Waals surface area contributed by atoms with Gasteiger partial charge in [0.2, 0.25) is 0 Å². The molecule has 0 aromatic heterocycles. The predicted molar refractivity (Wildman–Crippen MR) is 212 cm³/mol. The Morgan fingerprint density at radius 3 is 2.03 bits per heavy atom. The number of azide groups is 1. The average molecular weight is 805 g/mol. The zero-order valence-corrected chi connectivity index (χ0v) is 33.4. The predicted octanol–water partition coefficient (Wildman–Crippen LogP) is 6.44. The molecule has 2 aliphatic rings. The summed E-state index contributed by atoms with van der Waals surface area (Å²) in [4.78, 5) is 30.3. The number of unbranched alkanes of at least 4 members (excludes halogenated alkanes) is 2. The van der Waals surface area contributed by atoms with Crippen molar-refractivity contribution in [1.29, 1.82) is 0 Å². The Labute approximate surface area is 339 Å². The number of carbonyl (C=O) groups is 2. The number of hydrogen-bond acceptors (Lipinski definition) is 12. The zero-order chi connectivity index (χ0) is 41.3. The summed E-state index contributed by atoms with van der Waals surface area (Å²) in [7, 11) is 0. The average Bonchev–Trinajstić information content (AvgIpc) is 3.24. The van der Waals surface area contributed by atoms with Crippen LogP contribution in [0.5, 0.6) is 0 Å². The van der Waals surface area contributed by atoms with Crippen LogP contribution in [-0.2, 0) is 57.7 Å². The van der Waals surface area contributed by atoms with Crippen molar-refractivity contribution in [2.24, 2.45) is 11.0 Å². The fourth-order valence-electron chi connectivity index (χ4n) is 7.22. The number of aliphatic hydroxyl groups is 2. The van der Waals surface area contributed by atoms with Crippen LogP contribution in [0.3, 0.4) is 0 Å². The quantitative estimate of drug-likeness (QED) is 0.0420. The Balaban J connectivity index is 1.18. The van der Waals surface area contributed by atoms with Crippen molar-refractivity contribution in [3.63, 3.8) is 0 Å². The van der Waals surface area contributed by atoms with Gasteiger partial charge in [0.15, 0.2) is 18.7 Å². The van der Waals surface area contributed by atoms with Gasteiger partial charge >= 0.3 is 12.1 Å². The molecule has 10 atom stereocenters. The third-order valence-electron chi connectivity index (χ3n) is 10.3. The Morgan fingerprint density at radius 1 is 0.810 bits per heavy atom. The molecular formula is C43H56N4O11. The molecule has 0 bridgehead atoms. The minimum atomic E-state index is -1.34. The highest BCUT2D eigenvalue weighted by atomic mass is 16.7. The molecule has 0 aliphatic carbocycles. The number of ether oxygens (including phenoxy) is 7. The molecule has 15 nitrogen and oxygen atoms in total. The largest absolute Gasteiger partial charge is 0.454 e. The molecule has 2 saturated heterocycles. The van der Waals surface area contributed by atoms with Crippen LogP contribution in [0.4, 0.5) is 4.79 Å². The highest BCUT2D eigenvalue weighted by Crippen LogP contribution is 2.36. The summed E-state index contributed by atoms with van der Waals surface area (Å²) in [6, 6.07) is 27.8. The Hall–Kier alpha value is -4.57. The molecule has 3 aromatic carbocycles. The highest BCUT2D eigenvalue weighted by Gasteiger charge is 2.52. The van der Waals surface area contributed by atoms with Gasteiger partial charge in [0, 0.05) is 31.5 Å². The number of nitrogens with zero attached hydrogens (tertiary/aromatic N) is 4. The first kappa shape index (κ1) is 44.5. The van der Waals surface area contributed by atoms with E-state index in [2.05, 4.69) is 10.0 Å². The molecule has 0 radical (unpaired) electrons. The van der Waals surface area contributed by atoms with E-state index in [4.69, 9.17) is 33.2 Å². The summed E-state index contributed by atoms with van der Waals surface area (Å²) >= 11 is 0. The standard InChI is InChI=1S/C43H56N4O11/c1-4-34-38(58-42-40(55-30(3)49)39(37(50)35(26-48)57-42)53-27-32-19-11-6-12-20-32)29(2)36(45-46-44)41(56-34)52-24-16-8-15-23-47(25-31-17-9-5-10-18-31)43(51)54-28-33-21-13-7-14-22-33/h5-7,9-14,17-22,29,34-42,48,50H,4,8,15-16,23-28H2,1-3H3/t29?,34?,35?,36-,37+,38-,39+,40?,41-,42-/m0/s1. The molecule has 2 heterocycles. The Morgan fingerprint density at radius 2 is 1.43 bits per heavy atom. The first-order chi connectivity index (χ1) is 28.2. The second kappa shape index (κ2) is 23.1. The molecule has 58 heavy (non-hydrogen) atoms. The maximum atomic E-state index is 13.2. The van der Waals surface area contributed by atoms with E-state index in [1.165, 1.54) is 6.92 Å². The van der Waals surface area contributed by atoms with Crippen LogP contribution in [-0.4, -0.2) is 102 Å². The van der Waals surface area contributed by atoms with Gasteiger partial charge in [-0.15, -0.1) is 0 Å². The number of aliphatic hydroxyl groups excluding tert-OH is 2. The third-order valence-corrected chi connectivity index (χ3v) is 10.3. The van der Waals surface area contributed by atoms with Gasteiger partial charge in [0.05, 0.1) is 31.5 Å². The fraction of sp³-hybridized carbons (Fsp3) is 0.535. The minimum absolute atomic E-state index is 0.0942. The molecule has 0 spiro atoms. The lowest BCUT2D eigenvalue weighted by Gasteiger charge is -2.48. The summed E-state index contributed by atoms with van der Waals surface area (Å²) in [5.74, 6) is -1.10. The monoisotopic (exact) mass is 804 g/mol. The van der Waals surface area contributed by atoms with Gasteiger partial charge in [-0.1, -0.05) is 110 Å². The van der Waals surface area contributed by atoms with Crippen molar-refractivity contribution < 1.29 is 53.0 Å². The molecule has 0 saturated carbocycles. The molecule has 15 heteroatoms. The number of hydrogen-bond donors (Lipinski definition) is 2. The number of amides is 1. The summed E-state index contributed by atoms with van der Waals surface area (Å²) in [5.41, 5.74) is 12.3. The molecule has 2 fully saturated rings. The van der Waals surface area contributed by atoms with Crippen LogP contribution in [0.15, 0.2) is 96.1 Å². The van der Waals surface area contributed by atoms with Crippen molar-refractivity contribution in [3.05, 3.63) is 118 Å². The van der Waals surface area contributed by atoms with Gasteiger partial charge in [-0.3, -0.25) is 4.79 Å². The van der Waals surface area contributed by atoms with Crippen LogP contribution >= 0.6 is 0 Å². The zero-order valence-electron chi connectivity index (χ0n) is 33.4. The third kappa shape index (κ3) is 12.7. The summed E-state index contributed by atoms with van der Waals surface area (Å²) in [5, 5.41) is 25.3. The normalized spacial score (nSPS) is 26.9. The number of carbonyl (C=O) groups excluding carboxylic acids is 2. The number of esters is 1. The number of benzene rings is 3. The maximum Gasteiger partial charge on any atom is 0.410 e. The molecule has 5 rings (SSSR count). The van der Waals surface area contributed by atoms with E-state index in [0.29, 0.717) is 39.0 Å². The van der Waals surface area contributed by atoms with Gasteiger partial charge in [-0.25, -0.2) is 4.79 Å². The van der Waals surface area contributed by atoms with E-state index in [1.807, 2.05) is 105 Å². The first-order valence-corrected chi connectivity index (χ1v) is 20.0. The van der Waals surface area contributed by atoms with Gasteiger partial charge < -0.3 is 48.3 Å². The number of rotatable bonds is 20. The van der Waals surface area contributed by atoms with Crippen LogP contribution in [0.1, 0.15) is 63.1 Å². The maximum absolute atomic E-state index is 13.2. The molecule has 4 unspecified atom stereocenters. The van der Waals surface area contributed by atoms with Crippen molar-refractivity contribution in [2.75, 3.05) is 19.8 Å². The molecule has 3 aromatic rings. The fourth-order valence-corrected chi connectivity index (χ4v) is 7.22. The summed E-state index contributed by atoms with van der Waals surface area (Å²) in [6.45, 7) is 5.96. The smallest absolute Gasteiger partial charge is 0.410 e. The van der Waals surface area contributed by atoms with E-state index >= 15 is 0 Å². The second-order valence-electron chi connectivity index (χ2n) is 14.5. The van der Waals surface area contributed by atoms with Gasteiger partial charge in [-0.2, -0.15) is 0 Å². The van der Waals surface area contributed by atoms with E-state index < -0.39 is 73.7 Å². The van der Waals surface area contributed by atoms with E-state index in [-0.39, 0.29) is 19.3 Å². The SMILES string of the molecule is CCC1O[C@H](OCCCCCN(Cc2ccccc2)C(=O)OCc2ccccc2)[C@@H](N=[N+]=[N-])C(C)[C@@H]1O[C@@H]1OC(CO)[C@@H](O)[C@@H](OCc2ccccc2)C1OC(C)=O. The minimum Gasteiger partial charge on any atom is -0.454 e. The van der Waals surface area contributed by atoms with Crippen LogP contribution in [0, 0.1) is 5.92 Å². The Kier molecular flexibility index (Phi) is 17.8. The second-order valence-corrected chi connectivity index (χ2v) is 14.5. The van der Waals surface area contributed by atoms with Crippen LogP contribution in [0.25, 0.3) is 10.4 Å². The van der Waals surface area contributed by atoms with Crippen molar-refractivity contribution in [2.45, 2.75) is 121 Å². The lowest BCUT2D eigenvalue weighted by molar-refractivity contribution is -0.345. The van der Waals surface area contributed by atoms with Crippen LogP contribution < -0.4 is 0 Å². The molecule has 1 amide bonds. The van der Waals surface area contributed by atoms with Crippen LogP contribution in [0.2, 0.25) is 0 Å². The van der Waals surface area contributed by atoms with E-state index in [1.54, 1.807) is 4.90 Å². The van der Waals surface area contributed by atoms with Crippen molar-refractivity contribution >= 4 is 12.1 Å². The lowest BCUT2D eigenvalue weighted by Crippen LogP contribution is -2.63. The Bertz CT molecular complexity index is 1720. The van der Waals surface area contributed by atoms with E-state index in [0.717, 1.165) is 23.1 Å². The van der Waals surface area contributed by atoms with Gasteiger partial charge in [0.25, 0.3) is 0 Å². The lowest BCUT2D eigenvalue weighted by atomic mass is 9.87. The van der Waals surface area contributed by atoms with Crippen molar-refractivity contribution in [1.82, 2.24) is 4.90 Å². The first-order valence-electron chi connectivity index (χ1n) is 20.0. The summed E-state index contributed by atoms with van der Waals surface area (Å²) < 4.78 is 42.5. The van der Waals surface area contributed by atoms with Crippen molar-refractivity contribution in [3.8, 4) is 0 Å². The van der Waals surface area contributed by atoms with Gasteiger partial charge in [0.1, 0.15) is 24.9 Å². The molecule has 2 N–H and O–H groups in total. The van der Waals surface area contributed by atoms with Gasteiger partial charge in [-0.05, 0) is 53.8 Å². The topological polar surface area (TPSA) is 191 Å². The summed E-state index contributed by atoms with van der Waals surface area (Å²) in [6.07, 6.45) is -5.97. The molecular weight excluding hydrogens is 748 g/mol. The molecule has 2 aliphatic heterocycles. The highest BCUT2D eigenvalue weighted by molar-refractivity contribution is 5.67. The molecule has 314 valence electrons. The van der Waals surface area contributed by atoms with E-state index in [9.17, 15) is 25.3 Å².